The Hall–Kier alpha value is -2.99. The smallest absolute Gasteiger partial charge is 0.331 e. The first-order valence-corrected chi connectivity index (χ1v) is 9.37. The van der Waals surface area contributed by atoms with E-state index in [2.05, 4.69) is 0 Å². The Bertz CT molecular complexity index is 744. The molecule has 0 radical (unpaired) electrons. The van der Waals surface area contributed by atoms with Crippen molar-refractivity contribution in [3.8, 4) is 0 Å². The molecule has 0 saturated carbocycles. The fourth-order valence-corrected chi connectivity index (χ4v) is 3.02. The van der Waals surface area contributed by atoms with E-state index >= 15 is 0 Å². The number of hydrogen-bond acceptors (Lipinski definition) is 12. The Morgan fingerprint density at radius 2 is 1.42 bits per heavy atom. The quantitative estimate of drug-likeness (QED) is 0.353. The normalized spacial score (nSPS) is 29.6. The van der Waals surface area contributed by atoms with Gasteiger partial charge in [-0.3, -0.25) is 19.2 Å². The fraction of sp³-hybridized carbons (Fsp3) is 0.632. The predicted octanol–water partition coefficient (Wildman–Crippen LogP) is -0.432. The molecule has 2 aliphatic rings. The van der Waals surface area contributed by atoms with E-state index in [0.29, 0.717) is 0 Å². The van der Waals surface area contributed by atoms with Crippen molar-refractivity contribution in [2.45, 2.75) is 64.5 Å². The van der Waals surface area contributed by atoms with Gasteiger partial charge in [0.1, 0.15) is 18.8 Å². The molecule has 0 aromatic carbocycles. The molecule has 2 aliphatic heterocycles. The molecule has 0 aromatic heterocycles. The molecule has 0 aromatic rings. The number of carbonyl (C=O) groups excluding carboxylic acids is 5. The first-order valence-electron chi connectivity index (χ1n) is 9.37. The van der Waals surface area contributed by atoms with E-state index in [-0.39, 0.29) is 13.2 Å². The van der Waals surface area contributed by atoms with Gasteiger partial charge in [0.25, 0.3) is 0 Å². The Kier molecular flexibility index (Phi) is 8.51. The molecule has 0 aliphatic carbocycles. The van der Waals surface area contributed by atoms with Gasteiger partial charge in [-0.2, -0.15) is 0 Å². The first-order chi connectivity index (χ1) is 14.6. The van der Waals surface area contributed by atoms with Crippen molar-refractivity contribution < 1.29 is 57.1 Å². The molecule has 2 heterocycles. The van der Waals surface area contributed by atoms with Crippen LogP contribution in [-0.2, 0) is 57.1 Å². The summed E-state index contributed by atoms with van der Waals surface area (Å²) >= 11 is 0. The van der Waals surface area contributed by atoms with E-state index in [1.807, 2.05) is 0 Å². The minimum Gasteiger partial charge on any atom is -0.463 e. The topological polar surface area (TPSA) is 150 Å². The molecule has 0 spiro atoms. The van der Waals surface area contributed by atoms with Gasteiger partial charge in [0, 0.05) is 33.8 Å². The molecule has 1 saturated heterocycles. The number of cyclic esters (lactones) is 1. The highest BCUT2D eigenvalue weighted by atomic mass is 16.7. The highest BCUT2D eigenvalue weighted by Crippen LogP contribution is 2.30. The number of hydrogen-bond donors (Lipinski definition) is 0. The van der Waals surface area contributed by atoms with Crippen molar-refractivity contribution in [2.24, 2.45) is 0 Å². The van der Waals surface area contributed by atoms with E-state index in [1.54, 1.807) is 0 Å². The molecule has 1 fully saturated rings. The summed E-state index contributed by atoms with van der Waals surface area (Å²) in [5.41, 5.74) is 0. The Morgan fingerprint density at radius 3 is 1.94 bits per heavy atom. The summed E-state index contributed by atoms with van der Waals surface area (Å²) in [6, 6.07) is 0. The molecule has 12 nitrogen and oxygen atoms in total. The van der Waals surface area contributed by atoms with Gasteiger partial charge in [0.2, 0.25) is 0 Å². The summed E-state index contributed by atoms with van der Waals surface area (Å²) in [5.74, 6) is -3.40. The van der Waals surface area contributed by atoms with E-state index in [9.17, 15) is 24.0 Å². The van der Waals surface area contributed by atoms with Crippen LogP contribution >= 0.6 is 0 Å². The molecule has 6 atom stereocenters. The van der Waals surface area contributed by atoms with Gasteiger partial charge in [-0.15, -0.1) is 0 Å². The van der Waals surface area contributed by atoms with E-state index < -0.39 is 66.7 Å². The number of esters is 5. The summed E-state index contributed by atoms with van der Waals surface area (Å²) < 4.78 is 37.1. The van der Waals surface area contributed by atoms with Crippen LogP contribution in [0.25, 0.3) is 0 Å². The van der Waals surface area contributed by atoms with E-state index in [0.717, 1.165) is 20.8 Å². The largest absolute Gasteiger partial charge is 0.463 e. The lowest BCUT2D eigenvalue weighted by Crippen LogP contribution is -2.63. The second-order valence-electron chi connectivity index (χ2n) is 6.74. The molecular formula is C19H24O12. The molecule has 0 amide bonds. The number of ether oxygens (including phenoxy) is 7. The molecule has 172 valence electrons. The van der Waals surface area contributed by atoms with Gasteiger partial charge in [-0.05, 0) is 6.08 Å². The van der Waals surface area contributed by atoms with Crippen LogP contribution in [0.3, 0.4) is 0 Å². The summed E-state index contributed by atoms with van der Waals surface area (Å²) in [6.07, 6.45) is -4.39. The van der Waals surface area contributed by atoms with Crippen LogP contribution in [-0.4, -0.2) is 79.9 Å². The van der Waals surface area contributed by atoms with Crippen LogP contribution in [0.1, 0.15) is 27.7 Å². The summed E-state index contributed by atoms with van der Waals surface area (Å²) in [7, 11) is 0. The third-order valence-electron chi connectivity index (χ3n) is 4.09. The van der Waals surface area contributed by atoms with Gasteiger partial charge in [0.05, 0.1) is 6.61 Å². The van der Waals surface area contributed by atoms with Crippen LogP contribution in [0.5, 0.6) is 0 Å². The SMILES string of the molecule is CC(=O)OC[C@H]1O[C@@H](OC[C@H]2C=CC(=O)O2)[C@H](OC(C)=O)[C@@H](OC(C)=O)[C@@H]1OC(C)=O. The molecule has 2 rings (SSSR count). The maximum absolute atomic E-state index is 11.7. The average Bonchev–Trinajstić information content (AvgIpc) is 3.06. The van der Waals surface area contributed by atoms with Crippen molar-refractivity contribution in [1.29, 1.82) is 0 Å². The molecule has 0 bridgehead atoms. The summed E-state index contributed by atoms with van der Waals surface area (Å²) in [4.78, 5) is 57.5. The lowest BCUT2D eigenvalue weighted by molar-refractivity contribution is -0.310. The monoisotopic (exact) mass is 444 g/mol. The molecule has 12 heteroatoms. The standard InChI is InChI=1S/C19H24O12/c1-9(20)25-8-14-16(27-10(2)21)17(28-11(3)22)18(29-12(4)23)19(31-14)26-7-13-5-6-15(24)30-13/h5-6,13-14,16-19H,7-8H2,1-4H3/t13-,14-,16-,17+,18-,19-/m1/s1. The zero-order chi connectivity index (χ0) is 23.1. The van der Waals surface area contributed by atoms with Crippen LogP contribution in [0.4, 0.5) is 0 Å². The second-order valence-corrected chi connectivity index (χ2v) is 6.74. The number of rotatable bonds is 8. The van der Waals surface area contributed by atoms with Gasteiger partial charge < -0.3 is 33.2 Å². The summed E-state index contributed by atoms with van der Waals surface area (Å²) in [6.45, 7) is 3.99. The van der Waals surface area contributed by atoms with E-state index in [1.165, 1.54) is 19.1 Å². The Labute approximate surface area is 177 Å². The van der Waals surface area contributed by atoms with Crippen LogP contribution in [0, 0.1) is 0 Å². The lowest BCUT2D eigenvalue weighted by atomic mass is 9.98. The molecule has 0 N–H and O–H groups in total. The van der Waals surface area contributed by atoms with Crippen molar-refractivity contribution in [3.05, 3.63) is 12.2 Å². The predicted molar refractivity (Wildman–Crippen MR) is 96.9 cm³/mol. The Balaban J connectivity index is 2.30. The Morgan fingerprint density at radius 1 is 0.839 bits per heavy atom. The minimum absolute atomic E-state index is 0.171. The average molecular weight is 444 g/mol. The fourth-order valence-electron chi connectivity index (χ4n) is 3.02. The maximum atomic E-state index is 11.7. The summed E-state index contributed by atoms with van der Waals surface area (Å²) in [5, 5.41) is 0. The maximum Gasteiger partial charge on any atom is 0.331 e. The van der Waals surface area contributed by atoms with Crippen LogP contribution in [0.2, 0.25) is 0 Å². The first kappa shape index (κ1) is 24.3. The van der Waals surface area contributed by atoms with Crippen LogP contribution < -0.4 is 0 Å². The van der Waals surface area contributed by atoms with Gasteiger partial charge in [-0.1, -0.05) is 0 Å². The molecule has 31 heavy (non-hydrogen) atoms. The van der Waals surface area contributed by atoms with Gasteiger partial charge >= 0.3 is 29.8 Å². The van der Waals surface area contributed by atoms with E-state index in [4.69, 9.17) is 33.2 Å². The van der Waals surface area contributed by atoms with Gasteiger partial charge in [0.15, 0.2) is 24.6 Å². The van der Waals surface area contributed by atoms with Crippen LogP contribution in [0.15, 0.2) is 12.2 Å². The second kappa shape index (κ2) is 10.9. The van der Waals surface area contributed by atoms with Crippen molar-refractivity contribution >= 4 is 29.8 Å². The highest BCUT2D eigenvalue weighted by Gasteiger charge is 2.52. The van der Waals surface area contributed by atoms with Crippen molar-refractivity contribution in [2.75, 3.05) is 13.2 Å². The number of carbonyl (C=O) groups is 5. The minimum atomic E-state index is -1.33. The zero-order valence-electron chi connectivity index (χ0n) is 17.4. The van der Waals surface area contributed by atoms with Crippen molar-refractivity contribution in [1.82, 2.24) is 0 Å². The third kappa shape index (κ3) is 7.33. The van der Waals surface area contributed by atoms with Crippen molar-refractivity contribution in [3.63, 3.8) is 0 Å². The zero-order valence-corrected chi connectivity index (χ0v) is 17.4. The molecule has 0 unspecified atom stereocenters. The highest BCUT2D eigenvalue weighted by molar-refractivity contribution is 5.84. The van der Waals surface area contributed by atoms with Gasteiger partial charge in [-0.25, -0.2) is 4.79 Å². The lowest BCUT2D eigenvalue weighted by Gasteiger charge is -2.44. The molecular weight excluding hydrogens is 420 g/mol. The third-order valence-corrected chi connectivity index (χ3v) is 4.09.